The third kappa shape index (κ3) is 4.82. The number of hydrogen-bond acceptors (Lipinski definition) is 2. The van der Waals surface area contributed by atoms with Crippen molar-refractivity contribution in [1.82, 2.24) is 0 Å². The lowest BCUT2D eigenvalue weighted by Gasteiger charge is -2.25. The Balaban J connectivity index is 2.00. The standard InChI is InChI=1S/C27H32O2/c1-17-9-11-22(13-19(17)3)28-25-16-24(27(6,7)8)26(15-21(25)5)29-23-12-10-18(2)20(4)14-23/h9-16H,1-8H3. The molecule has 0 heterocycles. The van der Waals surface area contributed by atoms with E-state index in [1.54, 1.807) is 0 Å². The van der Waals surface area contributed by atoms with Gasteiger partial charge in [-0.3, -0.25) is 0 Å². The zero-order valence-electron chi connectivity index (χ0n) is 18.9. The Bertz CT molecular complexity index is 1040. The molecule has 2 heteroatoms. The molecule has 0 spiro atoms. The lowest BCUT2D eigenvalue weighted by atomic mass is 9.85. The van der Waals surface area contributed by atoms with Crippen LogP contribution >= 0.6 is 0 Å². The molecule has 0 radical (unpaired) electrons. The van der Waals surface area contributed by atoms with E-state index in [0.29, 0.717) is 0 Å². The van der Waals surface area contributed by atoms with E-state index in [2.05, 4.69) is 91.8 Å². The third-order valence-electron chi connectivity index (χ3n) is 5.50. The summed E-state index contributed by atoms with van der Waals surface area (Å²) in [7, 11) is 0. The van der Waals surface area contributed by atoms with Crippen LogP contribution in [-0.4, -0.2) is 0 Å². The average molecular weight is 389 g/mol. The number of benzene rings is 3. The van der Waals surface area contributed by atoms with E-state index in [0.717, 1.165) is 34.1 Å². The molecule has 0 amide bonds. The van der Waals surface area contributed by atoms with Crippen molar-refractivity contribution in [3.8, 4) is 23.0 Å². The highest BCUT2D eigenvalue weighted by molar-refractivity contribution is 5.52. The van der Waals surface area contributed by atoms with Gasteiger partial charge in [-0.2, -0.15) is 0 Å². The van der Waals surface area contributed by atoms with Gasteiger partial charge in [0.25, 0.3) is 0 Å². The van der Waals surface area contributed by atoms with Crippen LogP contribution in [0, 0.1) is 34.6 Å². The molecule has 0 bridgehead atoms. The van der Waals surface area contributed by atoms with E-state index in [1.165, 1.54) is 22.3 Å². The molecule has 0 aliphatic rings. The third-order valence-corrected chi connectivity index (χ3v) is 5.50. The number of rotatable bonds is 4. The highest BCUT2D eigenvalue weighted by Crippen LogP contribution is 2.40. The summed E-state index contributed by atoms with van der Waals surface area (Å²) in [5.74, 6) is 3.47. The van der Waals surface area contributed by atoms with Gasteiger partial charge in [0.15, 0.2) is 0 Å². The van der Waals surface area contributed by atoms with Crippen LogP contribution in [0.25, 0.3) is 0 Å². The summed E-state index contributed by atoms with van der Waals surface area (Å²) >= 11 is 0. The van der Waals surface area contributed by atoms with Gasteiger partial charge in [-0.15, -0.1) is 0 Å². The lowest BCUT2D eigenvalue weighted by molar-refractivity contribution is 0.442. The normalized spacial score (nSPS) is 11.4. The summed E-state index contributed by atoms with van der Waals surface area (Å²) in [5, 5.41) is 0. The van der Waals surface area contributed by atoms with Gasteiger partial charge in [0, 0.05) is 5.56 Å². The van der Waals surface area contributed by atoms with Gasteiger partial charge in [-0.25, -0.2) is 0 Å². The molecule has 3 aromatic rings. The molecule has 152 valence electrons. The Kier molecular flexibility index (Phi) is 5.75. The summed E-state index contributed by atoms with van der Waals surface area (Å²) in [4.78, 5) is 0. The summed E-state index contributed by atoms with van der Waals surface area (Å²) in [6.45, 7) is 17.1. The van der Waals surface area contributed by atoms with E-state index in [1.807, 2.05) is 12.1 Å². The molecule has 29 heavy (non-hydrogen) atoms. The molecule has 0 unspecified atom stereocenters. The molecule has 0 atom stereocenters. The van der Waals surface area contributed by atoms with Crippen molar-refractivity contribution in [2.75, 3.05) is 0 Å². The van der Waals surface area contributed by atoms with E-state index in [9.17, 15) is 0 Å². The molecule has 0 aliphatic carbocycles. The fraction of sp³-hybridized carbons (Fsp3) is 0.333. The van der Waals surface area contributed by atoms with Gasteiger partial charge in [0.05, 0.1) is 0 Å². The first kappa shape index (κ1) is 21.0. The fourth-order valence-corrected chi connectivity index (χ4v) is 3.25. The summed E-state index contributed by atoms with van der Waals surface area (Å²) < 4.78 is 12.6. The van der Waals surface area contributed by atoms with Crippen molar-refractivity contribution >= 4 is 0 Å². The lowest BCUT2D eigenvalue weighted by Crippen LogP contribution is -2.13. The first-order chi connectivity index (χ1) is 13.5. The molecule has 0 saturated heterocycles. The zero-order valence-corrected chi connectivity index (χ0v) is 18.9. The SMILES string of the molecule is Cc1ccc(Oc2cc(C(C)(C)C)c(Oc3ccc(C)c(C)c3)cc2C)cc1C. The maximum absolute atomic E-state index is 6.34. The molecular formula is C27H32O2. The second-order valence-electron chi connectivity index (χ2n) is 9.06. The molecule has 0 aliphatic heterocycles. The highest BCUT2D eigenvalue weighted by Gasteiger charge is 2.22. The Morgan fingerprint density at radius 1 is 0.517 bits per heavy atom. The maximum atomic E-state index is 6.34. The smallest absolute Gasteiger partial charge is 0.131 e. The Hall–Kier alpha value is -2.74. The van der Waals surface area contributed by atoms with Crippen LogP contribution in [0.3, 0.4) is 0 Å². The van der Waals surface area contributed by atoms with Gasteiger partial charge in [-0.05, 0) is 104 Å². The van der Waals surface area contributed by atoms with Gasteiger partial charge in [0.1, 0.15) is 23.0 Å². The predicted octanol–water partition coefficient (Wildman–Crippen LogP) is 8.11. The molecule has 3 rings (SSSR count). The van der Waals surface area contributed by atoms with Crippen LogP contribution in [0.4, 0.5) is 0 Å². The predicted molar refractivity (Wildman–Crippen MR) is 122 cm³/mol. The zero-order chi connectivity index (χ0) is 21.3. The van der Waals surface area contributed by atoms with Crippen molar-refractivity contribution < 1.29 is 9.47 Å². The number of hydrogen-bond donors (Lipinski definition) is 0. The minimum Gasteiger partial charge on any atom is -0.457 e. The molecule has 3 aromatic carbocycles. The first-order valence-corrected chi connectivity index (χ1v) is 10.2. The first-order valence-electron chi connectivity index (χ1n) is 10.2. The molecule has 0 fully saturated rings. The van der Waals surface area contributed by atoms with Gasteiger partial charge < -0.3 is 9.47 Å². The van der Waals surface area contributed by atoms with Gasteiger partial charge in [0.2, 0.25) is 0 Å². The molecule has 0 N–H and O–H groups in total. The van der Waals surface area contributed by atoms with E-state index in [4.69, 9.17) is 9.47 Å². The minimum atomic E-state index is -0.0793. The molecule has 2 nitrogen and oxygen atoms in total. The fourth-order valence-electron chi connectivity index (χ4n) is 3.25. The van der Waals surface area contributed by atoms with Crippen molar-refractivity contribution in [2.45, 2.75) is 60.8 Å². The molecule has 0 saturated carbocycles. The second kappa shape index (κ2) is 7.94. The van der Waals surface area contributed by atoms with Crippen LogP contribution in [0.2, 0.25) is 0 Å². The van der Waals surface area contributed by atoms with Crippen LogP contribution in [0.1, 0.15) is 54.2 Å². The van der Waals surface area contributed by atoms with Crippen molar-refractivity contribution in [2.24, 2.45) is 0 Å². The van der Waals surface area contributed by atoms with Crippen LogP contribution in [-0.2, 0) is 5.41 Å². The molecule has 0 aromatic heterocycles. The Morgan fingerprint density at radius 2 is 1.00 bits per heavy atom. The van der Waals surface area contributed by atoms with Gasteiger partial charge in [-0.1, -0.05) is 32.9 Å². The van der Waals surface area contributed by atoms with Crippen molar-refractivity contribution in [3.05, 3.63) is 81.9 Å². The Labute approximate surface area is 175 Å². The monoisotopic (exact) mass is 388 g/mol. The average Bonchev–Trinajstić information content (AvgIpc) is 2.62. The summed E-state index contributed by atoms with van der Waals surface area (Å²) in [6, 6.07) is 16.7. The highest BCUT2D eigenvalue weighted by atomic mass is 16.5. The van der Waals surface area contributed by atoms with E-state index >= 15 is 0 Å². The summed E-state index contributed by atoms with van der Waals surface area (Å²) in [5.41, 5.74) is 7.08. The van der Waals surface area contributed by atoms with Crippen LogP contribution < -0.4 is 9.47 Å². The minimum absolute atomic E-state index is 0.0793. The number of aryl methyl sites for hydroxylation is 5. The van der Waals surface area contributed by atoms with Crippen LogP contribution in [0.5, 0.6) is 23.0 Å². The molecular weight excluding hydrogens is 356 g/mol. The van der Waals surface area contributed by atoms with E-state index < -0.39 is 0 Å². The quantitative estimate of drug-likeness (QED) is 0.449. The number of ether oxygens (including phenoxy) is 2. The van der Waals surface area contributed by atoms with Gasteiger partial charge >= 0.3 is 0 Å². The maximum Gasteiger partial charge on any atom is 0.131 e. The second-order valence-corrected chi connectivity index (χ2v) is 9.06. The largest absolute Gasteiger partial charge is 0.457 e. The van der Waals surface area contributed by atoms with Crippen molar-refractivity contribution in [3.63, 3.8) is 0 Å². The van der Waals surface area contributed by atoms with E-state index in [-0.39, 0.29) is 5.41 Å². The topological polar surface area (TPSA) is 18.5 Å². The van der Waals surface area contributed by atoms with Crippen molar-refractivity contribution in [1.29, 1.82) is 0 Å². The van der Waals surface area contributed by atoms with Crippen LogP contribution in [0.15, 0.2) is 48.5 Å². The Morgan fingerprint density at radius 3 is 1.45 bits per heavy atom. The summed E-state index contributed by atoms with van der Waals surface area (Å²) in [6.07, 6.45) is 0.